The fourth-order valence-electron chi connectivity index (χ4n) is 1.29. The van der Waals surface area contributed by atoms with Crippen LogP contribution in [-0.4, -0.2) is 23.6 Å². The third-order valence-corrected chi connectivity index (χ3v) is 4.69. The number of halogens is 3. The van der Waals surface area contributed by atoms with Crippen molar-refractivity contribution in [3.05, 3.63) is 23.0 Å². The van der Waals surface area contributed by atoms with E-state index in [1.54, 1.807) is 12.4 Å². The summed E-state index contributed by atoms with van der Waals surface area (Å²) >= 11 is 2.70. The van der Waals surface area contributed by atoms with Crippen LogP contribution >= 0.6 is 23.1 Å². The van der Waals surface area contributed by atoms with Gasteiger partial charge in [0.05, 0.1) is 0 Å². The van der Waals surface area contributed by atoms with Gasteiger partial charge in [0.2, 0.25) is 0 Å². The highest BCUT2D eigenvalue weighted by Crippen LogP contribution is 2.26. The average molecular weight is 352 g/mol. The number of hydrogen-bond acceptors (Lipinski definition) is 5. The standard InChI is InChI=1S/C14H19F3N2OS2/c1-10(2)4-7-20-19-6-3-11-9-18-14(22-11)21-8-5-12(15)13(16)17/h6,9-10H,3-5,7-8H2,1-2H3/b19-6-. The molecule has 0 spiro atoms. The zero-order chi connectivity index (χ0) is 16.4. The van der Waals surface area contributed by atoms with Gasteiger partial charge in [0, 0.05) is 35.9 Å². The van der Waals surface area contributed by atoms with Crippen molar-refractivity contribution in [2.24, 2.45) is 11.1 Å². The molecule has 0 aliphatic rings. The van der Waals surface area contributed by atoms with Crippen molar-refractivity contribution in [3.8, 4) is 0 Å². The van der Waals surface area contributed by atoms with Crippen LogP contribution in [0, 0.1) is 5.92 Å². The van der Waals surface area contributed by atoms with Crippen molar-refractivity contribution >= 4 is 29.3 Å². The van der Waals surface area contributed by atoms with E-state index in [4.69, 9.17) is 4.84 Å². The molecule has 0 saturated carbocycles. The first-order valence-electron chi connectivity index (χ1n) is 6.90. The van der Waals surface area contributed by atoms with E-state index in [2.05, 4.69) is 24.0 Å². The van der Waals surface area contributed by atoms with E-state index in [0.29, 0.717) is 18.9 Å². The number of thioether (sulfide) groups is 1. The van der Waals surface area contributed by atoms with Crippen LogP contribution in [0.2, 0.25) is 0 Å². The van der Waals surface area contributed by atoms with Crippen LogP contribution in [0.3, 0.4) is 0 Å². The lowest BCUT2D eigenvalue weighted by atomic mass is 10.1. The molecule has 0 atom stereocenters. The fraction of sp³-hybridized carbons (Fsp3) is 0.571. The number of aromatic nitrogens is 1. The second kappa shape index (κ2) is 10.7. The molecule has 0 N–H and O–H groups in total. The summed E-state index contributed by atoms with van der Waals surface area (Å²) < 4.78 is 37.1. The predicted molar refractivity (Wildman–Crippen MR) is 85.4 cm³/mol. The maximum absolute atomic E-state index is 12.6. The Kier molecular flexibility index (Phi) is 9.22. The van der Waals surface area contributed by atoms with Crippen LogP contribution in [0.1, 0.15) is 31.6 Å². The second-order valence-corrected chi connectivity index (χ2v) is 7.32. The van der Waals surface area contributed by atoms with Gasteiger partial charge in [-0.3, -0.25) is 0 Å². The summed E-state index contributed by atoms with van der Waals surface area (Å²) in [6.45, 7) is 4.84. The van der Waals surface area contributed by atoms with Crippen LogP contribution in [0.4, 0.5) is 13.2 Å². The summed E-state index contributed by atoms with van der Waals surface area (Å²) in [5.41, 5.74) is 0. The molecule has 3 nitrogen and oxygen atoms in total. The van der Waals surface area contributed by atoms with Gasteiger partial charge in [-0.2, -0.15) is 8.78 Å². The first kappa shape index (κ1) is 19.0. The van der Waals surface area contributed by atoms with Crippen molar-refractivity contribution in [1.82, 2.24) is 4.98 Å². The maximum atomic E-state index is 12.6. The van der Waals surface area contributed by atoms with Gasteiger partial charge in [0.1, 0.15) is 10.9 Å². The van der Waals surface area contributed by atoms with Crippen LogP contribution < -0.4 is 0 Å². The van der Waals surface area contributed by atoms with Crippen molar-refractivity contribution in [3.63, 3.8) is 0 Å². The molecule has 0 unspecified atom stereocenters. The lowest BCUT2D eigenvalue weighted by Gasteiger charge is -2.01. The second-order valence-electron chi connectivity index (χ2n) is 4.86. The van der Waals surface area contributed by atoms with Gasteiger partial charge in [-0.25, -0.2) is 9.37 Å². The van der Waals surface area contributed by atoms with Crippen molar-refractivity contribution < 1.29 is 18.0 Å². The highest BCUT2D eigenvalue weighted by Gasteiger charge is 2.07. The molecule has 0 aliphatic carbocycles. The molecular weight excluding hydrogens is 333 g/mol. The molecule has 22 heavy (non-hydrogen) atoms. The Morgan fingerprint density at radius 3 is 2.91 bits per heavy atom. The zero-order valence-corrected chi connectivity index (χ0v) is 14.2. The summed E-state index contributed by atoms with van der Waals surface area (Å²) in [6.07, 6.45) is 2.41. The maximum Gasteiger partial charge on any atom is 0.301 e. The van der Waals surface area contributed by atoms with E-state index >= 15 is 0 Å². The Morgan fingerprint density at radius 2 is 2.23 bits per heavy atom. The lowest BCUT2D eigenvalue weighted by Crippen LogP contribution is -1.95. The van der Waals surface area contributed by atoms with Gasteiger partial charge in [-0.15, -0.1) is 11.3 Å². The van der Waals surface area contributed by atoms with Gasteiger partial charge in [-0.1, -0.05) is 30.8 Å². The lowest BCUT2D eigenvalue weighted by molar-refractivity contribution is 0.134. The number of rotatable bonds is 10. The summed E-state index contributed by atoms with van der Waals surface area (Å²) in [6, 6.07) is 0. The minimum absolute atomic E-state index is 0.239. The molecular formula is C14H19F3N2OS2. The summed E-state index contributed by atoms with van der Waals surface area (Å²) in [7, 11) is 0. The molecule has 1 rings (SSSR count). The minimum atomic E-state index is -2.24. The molecule has 1 heterocycles. The highest BCUT2D eigenvalue weighted by molar-refractivity contribution is 8.01. The SMILES string of the molecule is CC(C)CCO/N=C\Cc1cnc(SCCC(F)=C(F)F)s1. The Hall–Kier alpha value is -1.02. The molecule has 1 aromatic rings. The van der Waals surface area contributed by atoms with E-state index in [0.717, 1.165) is 15.6 Å². The van der Waals surface area contributed by atoms with E-state index in [1.807, 2.05) is 0 Å². The van der Waals surface area contributed by atoms with Crippen molar-refractivity contribution in [2.75, 3.05) is 12.4 Å². The highest BCUT2D eigenvalue weighted by atomic mass is 32.2. The van der Waals surface area contributed by atoms with E-state index in [1.165, 1.54) is 23.1 Å². The summed E-state index contributed by atoms with van der Waals surface area (Å²) in [4.78, 5) is 10.3. The van der Waals surface area contributed by atoms with Gasteiger partial charge in [0.15, 0.2) is 5.83 Å². The van der Waals surface area contributed by atoms with E-state index < -0.39 is 11.9 Å². The Morgan fingerprint density at radius 1 is 1.45 bits per heavy atom. The van der Waals surface area contributed by atoms with Gasteiger partial charge in [-0.05, 0) is 12.3 Å². The Labute approximate surface area is 136 Å². The van der Waals surface area contributed by atoms with Crippen LogP contribution in [0.25, 0.3) is 0 Å². The molecule has 0 fully saturated rings. The molecule has 0 aromatic carbocycles. The number of oxime groups is 1. The average Bonchev–Trinajstić information content (AvgIpc) is 2.90. The van der Waals surface area contributed by atoms with Crippen LogP contribution in [0.15, 0.2) is 27.6 Å². The number of nitrogens with zero attached hydrogens (tertiary/aromatic N) is 2. The van der Waals surface area contributed by atoms with Gasteiger partial charge >= 0.3 is 6.08 Å². The fourth-order valence-corrected chi connectivity index (χ4v) is 3.28. The number of allylic oxidation sites excluding steroid dienone is 1. The normalized spacial score (nSPS) is 11.4. The first-order valence-corrected chi connectivity index (χ1v) is 8.70. The molecule has 0 saturated heterocycles. The van der Waals surface area contributed by atoms with E-state index in [-0.39, 0.29) is 12.2 Å². The molecule has 0 bridgehead atoms. The third-order valence-electron chi connectivity index (χ3n) is 2.51. The molecule has 124 valence electrons. The summed E-state index contributed by atoms with van der Waals surface area (Å²) in [5.74, 6) is -0.528. The quantitative estimate of drug-likeness (QED) is 0.248. The summed E-state index contributed by atoms with van der Waals surface area (Å²) in [5, 5.41) is 3.86. The molecule has 0 amide bonds. The Bertz CT molecular complexity index is 500. The minimum Gasteiger partial charge on any atom is -0.396 e. The monoisotopic (exact) mass is 352 g/mol. The largest absolute Gasteiger partial charge is 0.396 e. The van der Waals surface area contributed by atoms with Crippen molar-refractivity contribution in [1.29, 1.82) is 0 Å². The van der Waals surface area contributed by atoms with Crippen LogP contribution in [-0.2, 0) is 11.3 Å². The smallest absolute Gasteiger partial charge is 0.301 e. The zero-order valence-electron chi connectivity index (χ0n) is 12.5. The molecule has 1 aromatic heterocycles. The predicted octanol–water partition coefficient (Wildman–Crippen LogP) is 5.29. The van der Waals surface area contributed by atoms with Gasteiger partial charge in [0.25, 0.3) is 0 Å². The van der Waals surface area contributed by atoms with Crippen LogP contribution in [0.5, 0.6) is 0 Å². The Balaban J connectivity index is 2.24. The first-order chi connectivity index (χ1) is 10.5. The third kappa shape index (κ3) is 8.43. The van der Waals surface area contributed by atoms with Crippen molar-refractivity contribution in [2.45, 2.75) is 37.4 Å². The topological polar surface area (TPSA) is 34.5 Å². The van der Waals surface area contributed by atoms with Gasteiger partial charge < -0.3 is 4.84 Å². The van der Waals surface area contributed by atoms with E-state index in [9.17, 15) is 13.2 Å². The molecule has 0 radical (unpaired) electrons. The molecule has 8 heteroatoms. The number of hydrogen-bond donors (Lipinski definition) is 0. The number of thiazole rings is 1. The molecule has 0 aliphatic heterocycles.